The normalized spacial score (nSPS) is 11.4. The van der Waals surface area contributed by atoms with Gasteiger partial charge >= 0.3 is 12.1 Å². The van der Waals surface area contributed by atoms with Gasteiger partial charge in [0.25, 0.3) is 0 Å². The van der Waals surface area contributed by atoms with E-state index in [1.54, 1.807) is 24.3 Å². The van der Waals surface area contributed by atoms with Gasteiger partial charge in [-0.1, -0.05) is 43.7 Å². The zero-order valence-electron chi connectivity index (χ0n) is 21.0. The zero-order valence-corrected chi connectivity index (χ0v) is 21.8. The van der Waals surface area contributed by atoms with E-state index in [1.807, 2.05) is 37.4 Å². The summed E-state index contributed by atoms with van der Waals surface area (Å²) in [7, 11) is 1.85. The number of rotatable bonds is 10. The summed E-state index contributed by atoms with van der Waals surface area (Å²) in [5.74, 6) is 0.149. The quantitative estimate of drug-likeness (QED) is 0.164. The Hall–Kier alpha value is -3.23. The number of nitrogen functional groups attached to an aromatic ring is 1. The van der Waals surface area contributed by atoms with E-state index in [0.717, 1.165) is 43.5 Å². The molecule has 1 atom stereocenters. The van der Waals surface area contributed by atoms with Gasteiger partial charge in [-0.25, -0.2) is 4.79 Å². The molecule has 0 aliphatic rings. The number of carbonyl (C=O) groups excluding carboxylic acids is 1. The molecule has 0 bridgehead atoms. The summed E-state index contributed by atoms with van der Waals surface area (Å²) in [5, 5.41) is 3.05. The van der Waals surface area contributed by atoms with E-state index < -0.39 is 11.7 Å². The number of ether oxygens (including phenoxy) is 2. The van der Waals surface area contributed by atoms with Crippen LogP contribution in [-0.4, -0.2) is 26.2 Å². The number of nitrogens with two attached hydrogens (primary N) is 1. The number of hydrogen-bond acceptors (Lipinski definition) is 5. The second kappa shape index (κ2) is 16.5. The topological polar surface area (TPSA) is 73.6 Å². The Balaban J connectivity index is 0.000000396. The van der Waals surface area contributed by atoms with Crippen molar-refractivity contribution in [1.82, 2.24) is 5.32 Å². The fourth-order valence-electron chi connectivity index (χ4n) is 3.14. The molecule has 0 aromatic heterocycles. The summed E-state index contributed by atoms with van der Waals surface area (Å²) in [6.07, 6.45) is -1.88. The van der Waals surface area contributed by atoms with E-state index >= 15 is 0 Å². The van der Waals surface area contributed by atoms with Gasteiger partial charge in [0.2, 0.25) is 0 Å². The molecule has 3 aromatic rings. The van der Waals surface area contributed by atoms with Crippen molar-refractivity contribution in [2.45, 2.75) is 38.5 Å². The minimum Gasteiger partial charge on any atom is -0.486 e. The van der Waals surface area contributed by atoms with Gasteiger partial charge in [-0.2, -0.15) is 13.2 Å². The van der Waals surface area contributed by atoms with E-state index in [1.165, 1.54) is 12.1 Å². The second-order valence-corrected chi connectivity index (χ2v) is 8.04. The molecule has 0 saturated heterocycles. The van der Waals surface area contributed by atoms with Crippen LogP contribution in [0.1, 0.15) is 53.8 Å². The van der Waals surface area contributed by atoms with Crippen molar-refractivity contribution in [3.05, 3.63) is 95.6 Å². The largest absolute Gasteiger partial charge is 0.486 e. The molecule has 0 aliphatic carbocycles. The van der Waals surface area contributed by atoms with Crippen LogP contribution in [0.3, 0.4) is 0 Å². The first-order chi connectivity index (χ1) is 17.2. The van der Waals surface area contributed by atoms with Crippen LogP contribution < -0.4 is 15.8 Å². The van der Waals surface area contributed by atoms with Crippen molar-refractivity contribution in [2.75, 3.05) is 25.9 Å². The maximum absolute atomic E-state index is 12.6. The molecule has 0 saturated carbocycles. The number of nitrogens with one attached hydrogen (secondary N) is 1. The molecule has 0 spiro atoms. The molecule has 3 rings (SSSR count). The highest BCUT2D eigenvalue weighted by atomic mass is 35.5. The smallest absolute Gasteiger partial charge is 0.416 e. The zero-order chi connectivity index (χ0) is 26.4. The van der Waals surface area contributed by atoms with Gasteiger partial charge < -0.3 is 20.5 Å². The number of alkyl halides is 3. The van der Waals surface area contributed by atoms with E-state index in [2.05, 4.69) is 12.2 Å². The van der Waals surface area contributed by atoms with E-state index in [4.69, 9.17) is 15.2 Å². The van der Waals surface area contributed by atoms with Crippen molar-refractivity contribution >= 4 is 24.1 Å². The number of unbranched alkanes of at least 4 members (excludes halogenated alkanes) is 1. The molecule has 0 heterocycles. The van der Waals surface area contributed by atoms with Crippen LogP contribution in [0, 0.1) is 0 Å². The fraction of sp³-hybridized carbons (Fsp3) is 0.321. The van der Waals surface area contributed by atoms with Crippen LogP contribution >= 0.6 is 12.4 Å². The third-order valence-electron chi connectivity index (χ3n) is 5.17. The molecule has 0 fully saturated rings. The molecular formula is C28H34ClF3N2O3. The number of halogens is 4. The van der Waals surface area contributed by atoms with Gasteiger partial charge in [0.05, 0.1) is 17.7 Å². The molecule has 0 amide bonds. The minimum absolute atomic E-state index is 0. The second-order valence-electron chi connectivity index (χ2n) is 8.04. The SMILES string of the molecule is CCCCOC(=O)c1ccc(N)cc1.CNCCC(Oc1ccc(C(F)(F)F)cc1)c1ccccc1.Cl. The Labute approximate surface area is 222 Å². The Morgan fingerprint density at radius 3 is 2.14 bits per heavy atom. The van der Waals surface area contributed by atoms with Gasteiger partial charge in [-0.15, -0.1) is 12.4 Å². The molecule has 9 heteroatoms. The van der Waals surface area contributed by atoms with E-state index in [-0.39, 0.29) is 24.5 Å². The summed E-state index contributed by atoms with van der Waals surface area (Å²) in [5.41, 5.74) is 7.02. The highest BCUT2D eigenvalue weighted by molar-refractivity contribution is 5.89. The van der Waals surface area contributed by atoms with Gasteiger partial charge in [-0.3, -0.25) is 0 Å². The predicted octanol–water partition coefficient (Wildman–Crippen LogP) is 7.08. The van der Waals surface area contributed by atoms with Crippen molar-refractivity contribution in [1.29, 1.82) is 0 Å². The number of hydrogen-bond donors (Lipinski definition) is 2. The lowest BCUT2D eigenvalue weighted by molar-refractivity contribution is -0.137. The maximum Gasteiger partial charge on any atom is 0.416 e. The van der Waals surface area contributed by atoms with Crippen molar-refractivity contribution in [3.63, 3.8) is 0 Å². The summed E-state index contributed by atoms with van der Waals surface area (Å²) in [6.45, 7) is 3.29. The first-order valence-electron chi connectivity index (χ1n) is 11.8. The number of carbonyl (C=O) groups is 1. The average Bonchev–Trinajstić information content (AvgIpc) is 2.88. The molecule has 3 N–H and O–H groups in total. The molecule has 0 radical (unpaired) electrons. The number of benzene rings is 3. The van der Waals surface area contributed by atoms with Crippen LogP contribution in [0.5, 0.6) is 5.75 Å². The molecule has 0 aliphatic heterocycles. The first-order valence-corrected chi connectivity index (χ1v) is 11.8. The molecule has 202 valence electrons. The Bertz CT molecular complexity index is 1030. The lowest BCUT2D eigenvalue weighted by atomic mass is 10.1. The highest BCUT2D eigenvalue weighted by Crippen LogP contribution is 2.31. The van der Waals surface area contributed by atoms with E-state index in [9.17, 15) is 18.0 Å². The van der Waals surface area contributed by atoms with Crippen LogP contribution in [0.4, 0.5) is 18.9 Å². The first kappa shape index (κ1) is 31.8. The molecule has 5 nitrogen and oxygen atoms in total. The van der Waals surface area contributed by atoms with Crippen LogP contribution in [-0.2, 0) is 10.9 Å². The number of anilines is 1. The Morgan fingerprint density at radius 2 is 1.59 bits per heavy atom. The van der Waals surface area contributed by atoms with Crippen LogP contribution in [0.2, 0.25) is 0 Å². The molecule has 1 unspecified atom stereocenters. The van der Waals surface area contributed by atoms with Crippen molar-refractivity contribution in [3.8, 4) is 5.75 Å². The van der Waals surface area contributed by atoms with Gasteiger partial charge in [0, 0.05) is 12.1 Å². The third kappa shape index (κ3) is 11.6. The lowest BCUT2D eigenvalue weighted by Gasteiger charge is -2.20. The summed E-state index contributed by atoms with van der Waals surface area (Å²) >= 11 is 0. The lowest BCUT2D eigenvalue weighted by Crippen LogP contribution is -2.16. The van der Waals surface area contributed by atoms with Crippen molar-refractivity contribution < 1.29 is 27.4 Å². The van der Waals surface area contributed by atoms with Crippen molar-refractivity contribution in [2.24, 2.45) is 0 Å². The summed E-state index contributed by atoms with van der Waals surface area (Å²) in [4.78, 5) is 11.4. The van der Waals surface area contributed by atoms with Crippen LogP contribution in [0.25, 0.3) is 0 Å². The van der Waals surface area contributed by atoms with E-state index in [0.29, 0.717) is 23.6 Å². The van der Waals surface area contributed by atoms with Crippen LogP contribution in [0.15, 0.2) is 78.9 Å². The highest BCUT2D eigenvalue weighted by Gasteiger charge is 2.30. The minimum atomic E-state index is -4.33. The van der Waals surface area contributed by atoms with Gasteiger partial charge in [0.15, 0.2) is 0 Å². The van der Waals surface area contributed by atoms with Gasteiger partial charge in [0.1, 0.15) is 11.9 Å². The molecule has 37 heavy (non-hydrogen) atoms. The third-order valence-corrected chi connectivity index (χ3v) is 5.17. The maximum atomic E-state index is 12.6. The molecular weight excluding hydrogens is 505 g/mol. The molecule has 3 aromatic carbocycles. The monoisotopic (exact) mass is 538 g/mol. The number of esters is 1. The predicted molar refractivity (Wildman–Crippen MR) is 143 cm³/mol. The van der Waals surface area contributed by atoms with Gasteiger partial charge in [-0.05, 0) is 74.1 Å². The Kier molecular flexibility index (Phi) is 14.2. The summed E-state index contributed by atoms with van der Waals surface area (Å²) < 4.78 is 48.6. The summed E-state index contributed by atoms with van der Waals surface area (Å²) in [6, 6.07) is 21.2. The average molecular weight is 539 g/mol. The standard InChI is InChI=1S/C17H18F3NO.C11H15NO2.ClH/c1-21-12-11-16(13-5-3-2-4-6-13)22-15-9-7-14(8-10-15)17(18,19)20;1-2-3-8-14-11(13)9-4-6-10(12)7-5-9;/h2-10,16,21H,11-12H2,1H3;4-7H,2-3,8,12H2,1H3;1H. The fourth-order valence-corrected chi connectivity index (χ4v) is 3.14. The Morgan fingerprint density at radius 1 is 0.973 bits per heavy atom.